The van der Waals surface area contributed by atoms with Crippen LogP contribution in [0.2, 0.25) is 5.02 Å². The maximum atomic E-state index is 13.5. The molecule has 1 saturated carbocycles. The van der Waals surface area contributed by atoms with Crippen molar-refractivity contribution in [2.45, 2.75) is 105 Å². The quantitative estimate of drug-likeness (QED) is 0.252. The number of hydrogen-bond acceptors (Lipinski definition) is 10. The van der Waals surface area contributed by atoms with Gasteiger partial charge in [-0.25, -0.2) is 13.1 Å². The van der Waals surface area contributed by atoms with Crippen LogP contribution in [0.4, 0.5) is 5.69 Å². The van der Waals surface area contributed by atoms with Crippen LogP contribution in [0.3, 0.4) is 0 Å². The van der Waals surface area contributed by atoms with Crippen molar-refractivity contribution in [3.8, 4) is 5.75 Å². The molecule has 5 aliphatic heterocycles. The summed E-state index contributed by atoms with van der Waals surface area (Å²) in [5, 5.41) is 15.9. The molecule has 4 fully saturated rings. The van der Waals surface area contributed by atoms with Gasteiger partial charge in [0.1, 0.15) is 11.4 Å². The topological polar surface area (TPSA) is 117 Å². The first-order valence-corrected chi connectivity index (χ1v) is 24.8. The largest absolute Gasteiger partial charge is 0.490 e. The van der Waals surface area contributed by atoms with Crippen LogP contribution in [0.15, 0.2) is 48.6 Å². The van der Waals surface area contributed by atoms with Crippen LogP contribution in [0.5, 0.6) is 5.75 Å². The van der Waals surface area contributed by atoms with E-state index in [2.05, 4.69) is 27.1 Å². The van der Waals surface area contributed by atoms with Crippen molar-refractivity contribution >= 4 is 56.7 Å². The van der Waals surface area contributed by atoms with Gasteiger partial charge in [0.15, 0.2) is 0 Å². The molecule has 0 radical (unpaired) electrons. The van der Waals surface area contributed by atoms with Gasteiger partial charge in [0.2, 0.25) is 10.0 Å². The Morgan fingerprint density at radius 3 is 2.48 bits per heavy atom. The molecule has 6 atom stereocenters. The Bertz CT molecular complexity index is 1900. The van der Waals surface area contributed by atoms with Gasteiger partial charge in [0, 0.05) is 29.1 Å². The Hall–Kier alpha value is -1.93. The molecule has 2 aromatic carbocycles. The van der Waals surface area contributed by atoms with E-state index in [4.69, 9.17) is 21.1 Å². The van der Waals surface area contributed by atoms with E-state index in [9.17, 15) is 18.3 Å². The molecule has 0 unspecified atom stereocenters. The third kappa shape index (κ3) is 8.15. The van der Waals surface area contributed by atoms with Gasteiger partial charge in [0.25, 0.3) is 5.91 Å². The molecule has 2 spiro atoms. The van der Waals surface area contributed by atoms with Gasteiger partial charge in [-0.2, -0.15) is 0 Å². The second-order valence-electron chi connectivity index (χ2n) is 17.4. The average Bonchev–Trinajstić information content (AvgIpc) is 3.32. The summed E-state index contributed by atoms with van der Waals surface area (Å²) in [5.41, 5.74) is 2.66. The molecule has 9 nitrogen and oxygen atoms in total. The SMILES string of the molecule is C1CC2(CCN1)CCO2.C[C@@H]1[C@@H](C)C/C=C/[C@](O)(C2SCCCS2)[C@@H]2CC[C@H]2CN2C[C@@]3(CCCc4cc(Cl)ccc43)COc3ccc(cc32)C(=O)NS1(=O)=O. The minimum absolute atomic E-state index is 0.0302. The van der Waals surface area contributed by atoms with Gasteiger partial charge in [-0.05, 0) is 155 Å². The first-order valence-electron chi connectivity index (χ1n) is 20.8. The Balaban J connectivity index is 0.000000427. The van der Waals surface area contributed by atoms with E-state index in [-0.39, 0.29) is 33.3 Å². The van der Waals surface area contributed by atoms with Crippen LogP contribution in [0, 0.1) is 17.8 Å². The number of fused-ring (bicyclic) bond motifs is 4. The highest BCUT2D eigenvalue weighted by molar-refractivity contribution is 8.17. The second-order valence-corrected chi connectivity index (χ2v) is 22.6. The molecule has 0 aromatic heterocycles. The van der Waals surface area contributed by atoms with E-state index < -0.39 is 26.8 Å². The lowest BCUT2D eigenvalue weighted by Crippen LogP contribution is -2.55. The van der Waals surface area contributed by atoms with E-state index >= 15 is 0 Å². The summed E-state index contributed by atoms with van der Waals surface area (Å²) >= 11 is 10.2. The number of thioether (sulfide) groups is 2. The monoisotopic (exact) mass is 843 g/mol. The number of nitrogens with zero attached hydrogens (tertiary/aromatic N) is 1. The van der Waals surface area contributed by atoms with Crippen molar-refractivity contribution in [2.24, 2.45) is 17.8 Å². The number of amides is 1. The summed E-state index contributed by atoms with van der Waals surface area (Å²) in [6, 6.07) is 11.5. The highest BCUT2D eigenvalue weighted by atomic mass is 35.5. The number of rotatable bonds is 1. The van der Waals surface area contributed by atoms with Gasteiger partial charge in [-0.15, -0.1) is 23.5 Å². The fourth-order valence-corrected chi connectivity index (χ4v) is 14.7. The van der Waals surface area contributed by atoms with Crippen LogP contribution in [-0.4, -0.2) is 91.4 Å². The molecule has 13 heteroatoms. The number of ether oxygens (including phenoxy) is 2. The van der Waals surface area contributed by atoms with Gasteiger partial charge in [-0.3, -0.25) is 4.79 Å². The van der Waals surface area contributed by atoms with Crippen molar-refractivity contribution in [2.75, 3.05) is 55.8 Å². The summed E-state index contributed by atoms with van der Waals surface area (Å²) < 4.78 is 41.4. The molecular weight excluding hydrogens is 786 g/mol. The second kappa shape index (κ2) is 16.6. The summed E-state index contributed by atoms with van der Waals surface area (Å²) in [5.74, 6) is 2.18. The number of hydrogen-bond donors (Lipinski definition) is 3. The molecule has 9 rings (SSSR count). The van der Waals surface area contributed by atoms with Gasteiger partial charge < -0.3 is 24.8 Å². The zero-order chi connectivity index (χ0) is 39.1. The highest BCUT2D eigenvalue weighted by Crippen LogP contribution is 2.53. The zero-order valence-corrected chi connectivity index (χ0v) is 36.0. The van der Waals surface area contributed by atoms with E-state index in [0.29, 0.717) is 37.5 Å². The van der Waals surface area contributed by atoms with E-state index in [1.54, 1.807) is 19.1 Å². The van der Waals surface area contributed by atoms with Crippen molar-refractivity contribution in [3.63, 3.8) is 0 Å². The van der Waals surface area contributed by atoms with Crippen molar-refractivity contribution in [1.82, 2.24) is 10.0 Å². The van der Waals surface area contributed by atoms with Crippen LogP contribution < -0.4 is 19.7 Å². The number of benzene rings is 2. The van der Waals surface area contributed by atoms with E-state index in [1.807, 2.05) is 54.7 Å². The molecular formula is C43H58ClN3O6S3. The summed E-state index contributed by atoms with van der Waals surface area (Å²) in [7, 11) is -3.95. The lowest BCUT2D eigenvalue weighted by Gasteiger charge is -2.51. The standard InChI is InChI=1S/C36H45ClN2O5S3.C7H13NO/c1-23-6-3-15-36(41,34-45-16-5-17-46-34)30-11-8-27(30)20-39-21-35(14-4-7-25-18-28(37)10-12-29(25)35)22-44-32-13-9-26(19-31(32)39)33(40)38-47(42,43)24(23)2;1-4-8-5-2-7(1)3-6-9-7/h3,9-10,12-13,15,18-19,23-24,27,30,34,41H,4-8,11,14,16-17,20-22H2,1-2H3,(H,38,40);8H,1-6H2/b15-3+;/t23-,24+,27-,30+,35-,36+;/m0./s1. The number of carbonyl (C=O) groups excluding carboxylic acids is 1. The number of sulfonamides is 1. The summed E-state index contributed by atoms with van der Waals surface area (Å²) in [6.07, 6.45) is 14.3. The molecule has 5 heterocycles. The number of anilines is 1. The molecule has 3 saturated heterocycles. The normalized spacial score (nSPS) is 34.5. The Labute approximate surface area is 346 Å². The van der Waals surface area contributed by atoms with Crippen LogP contribution in [0.25, 0.3) is 0 Å². The van der Waals surface area contributed by atoms with Crippen LogP contribution in [0.1, 0.15) is 93.1 Å². The highest BCUT2D eigenvalue weighted by Gasteiger charge is 2.52. The Morgan fingerprint density at radius 2 is 1.79 bits per heavy atom. The Kier molecular flexibility index (Phi) is 12.1. The minimum atomic E-state index is -3.95. The maximum Gasteiger partial charge on any atom is 0.264 e. The number of carbonyl (C=O) groups is 1. The fraction of sp³-hybridized carbons (Fsp3) is 0.651. The first-order chi connectivity index (χ1) is 26.9. The molecule has 306 valence electrons. The molecule has 7 aliphatic rings. The van der Waals surface area contributed by atoms with E-state index in [0.717, 1.165) is 80.4 Å². The number of halogens is 1. The van der Waals surface area contributed by atoms with Crippen LogP contribution >= 0.6 is 35.1 Å². The van der Waals surface area contributed by atoms with Gasteiger partial charge in [0.05, 0.1) is 34.3 Å². The fourth-order valence-electron chi connectivity index (χ4n) is 9.98. The van der Waals surface area contributed by atoms with Crippen molar-refractivity contribution in [1.29, 1.82) is 0 Å². The zero-order valence-electron chi connectivity index (χ0n) is 32.8. The third-order valence-corrected chi connectivity index (χ3v) is 19.2. The summed E-state index contributed by atoms with van der Waals surface area (Å²) in [6.45, 7) is 8.75. The van der Waals surface area contributed by atoms with Crippen molar-refractivity contribution < 1.29 is 27.8 Å². The number of aryl methyl sites for hydroxylation is 1. The third-order valence-electron chi connectivity index (χ3n) is 13.9. The van der Waals surface area contributed by atoms with Gasteiger partial charge in [-0.1, -0.05) is 36.7 Å². The predicted octanol–water partition coefficient (Wildman–Crippen LogP) is 7.34. The lowest BCUT2D eigenvalue weighted by atomic mass is 9.64. The predicted molar refractivity (Wildman–Crippen MR) is 229 cm³/mol. The molecule has 1 amide bonds. The van der Waals surface area contributed by atoms with Crippen molar-refractivity contribution in [3.05, 3.63) is 70.3 Å². The number of nitrogens with one attached hydrogen (secondary N) is 2. The van der Waals surface area contributed by atoms with Gasteiger partial charge >= 0.3 is 0 Å². The molecule has 3 N–H and O–H groups in total. The average molecular weight is 845 g/mol. The smallest absolute Gasteiger partial charge is 0.264 e. The molecule has 56 heavy (non-hydrogen) atoms. The molecule has 2 aromatic rings. The summed E-state index contributed by atoms with van der Waals surface area (Å²) in [4.78, 5) is 15.9. The number of aliphatic hydroxyl groups is 1. The Morgan fingerprint density at radius 1 is 1.00 bits per heavy atom. The van der Waals surface area contributed by atoms with Crippen LogP contribution in [-0.2, 0) is 26.6 Å². The molecule has 2 bridgehead atoms. The number of piperidine rings is 1. The maximum absolute atomic E-state index is 13.5. The number of allylic oxidation sites excluding steroid dienone is 1. The first kappa shape index (κ1) is 40.8. The van der Waals surface area contributed by atoms with E-state index in [1.165, 1.54) is 30.4 Å². The molecule has 2 aliphatic carbocycles. The minimum Gasteiger partial charge on any atom is -0.490 e. The lowest BCUT2D eigenvalue weighted by molar-refractivity contribution is -0.160.